The van der Waals surface area contributed by atoms with E-state index in [0.717, 1.165) is 21.2 Å². The molecule has 0 radical (unpaired) electrons. The molecule has 0 aliphatic carbocycles. The Balaban J connectivity index is 1.29. The van der Waals surface area contributed by atoms with Crippen LogP contribution in [0.3, 0.4) is 0 Å². The predicted octanol–water partition coefficient (Wildman–Crippen LogP) is 7.39. The minimum absolute atomic E-state index is 0.100. The molecule has 3 N–H and O–H groups in total. The Morgan fingerprint density at radius 3 is 2.07 bits per heavy atom. The van der Waals surface area contributed by atoms with Crippen molar-refractivity contribution in [1.82, 2.24) is 5.32 Å². The molecule has 0 saturated heterocycles. The first-order chi connectivity index (χ1) is 22.3. The Bertz CT molecular complexity index is 1860. The second-order valence-corrected chi connectivity index (χ2v) is 11.7. The van der Waals surface area contributed by atoms with Crippen LogP contribution in [-0.2, 0) is 9.59 Å². The first kappa shape index (κ1) is 31.9. The smallest absolute Gasteiger partial charge is 0.272 e. The van der Waals surface area contributed by atoms with Gasteiger partial charge in [-0.15, -0.1) is 11.8 Å². The molecule has 232 valence electrons. The van der Waals surface area contributed by atoms with Crippen molar-refractivity contribution in [2.24, 2.45) is 0 Å². The van der Waals surface area contributed by atoms with E-state index in [2.05, 4.69) is 16.0 Å². The number of amides is 3. The van der Waals surface area contributed by atoms with Gasteiger partial charge in [0.05, 0.1) is 19.5 Å². The number of methoxy groups -OCH3 is 2. The van der Waals surface area contributed by atoms with Gasteiger partial charge in [0.2, 0.25) is 5.91 Å². The SMILES string of the molecule is COc1cc(NC(=O)C(C)Sc2ccc(NC(=O)/C(=C/c3cccc4ccccc34)NC(=O)c3ccccc3)cc2)cc(OC)c1. The lowest BCUT2D eigenvalue weighted by Crippen LogP contribution is -2.30. The van der Waals surface area contributed by atoms with E-state index >= 15 is 0 Å². The van der Waals surface area contributed by atoms with Crippen molar-refractivity contribution in [3.05, 3.63) is 132 Å². The topological polar surface area (TPSA) is 106 Å². The molecule has 1 unspecified atom stereocenters. The van der Waals surface area contributed by atoms with Crippen molar-refractivity contribution in [3.8, 4) is 11.5 Å². The van der Waals surface area contributed by atoms with Crippen molar-refractivity contribution in [1.29, 1.82) is 0 Å². The Morgan fingerprint density at radius 1 is 0.717 bits per heavy atom. The molecule has 3 amide bonds. The number of carbonyl (C=O) groups is 3. The highest BCUT2D eigenvalue weighted by Gasteiger charge is 2.18. The number of rotatable bonds is 11. The van der Waals surface area contributed by atoms with Crippen molar-refractivity contribution in [2.75, 3.05) is 24.9 Å². The molecular weight excluding hydrogens is 598 g/mol. The van der Waals surface area contributed by atoms with Crippen LogP contribution < -0.4 is 25.4 Å². The standard InChI is InChI=1S/C37H33N3O5S/c1-24(35(41)39-29-21-30(44-2)23-31(22-29)45-3)46-32-18-16-28(17-19-32)38-37(43)34(40-36(42)26-11-5-4-6-12-26)20-27-14-9-13-25-10-7-8-15-33(25)27/h4-24H,1-3H3,(H,38,43)(H,39,41)(H,40,42)/b34-20-. The van der Waals surface area contributed by atoms with E-state index in [0.29, 0.717) is 28.4 Å². The summed E-state index contributed by atoms with van der Waals surface area (Å²) in [5.41, 5.74) is 2.43. The number of hydrogen-bond donors (Lipinski definition) is 3. The van der Waals surface area contributed by atoms with Crippen LogP contribution in [0, 0.1) is 0 Å². The van der Waals surface area contributed by atoms with Gasteiger partial charge in [0.25, 0.3) is 11.8 Å². The quantitative estimate of drug-likeness (QED) is 0.104. The highest BCUT2D eigenvalue weighted by atomic mass is 32.2. The lowest BCUT2D eigenvalue weighted by molar-refractivity contribution is -0.115. The minimum Gasteiger partial charge on any atom is -0.497 e. The normalized spacial score (nSPS) is 11.8. The average molecular weight is 632 g/mol. The van der Waals surface area contributed by atoms with Gasteiger partial charge in [0.15, 0.2) is 0 Å². The second kappa shape index (κ2) is 15.0. The first-order valence-corrected chi connectivity index (χ1v) is 15.4. The molecule has 0 aromatic heterocycles. The molecule has 46 heavy (non-hydrogen) atoms. The summed E-state index contributed by atoms with van der Waals surface area (Å²) in [6.07, 6.45) is 1.68. The van der Waals surface area contributed by atoms with Crippen LogP contribution in [0.1, 0.15) is 22.8 Å². The van der Waals surface area contributed by atoms with E-state index in [9.17, 15) is 14.4 Å². The maximum atomic E-state index is 13.6. The lowest BCUT2D eigenvalue weighted by Gasteiger charge is -2.14. The number of thioether (sulfide) groups is 1. The summed E-state index contributed by atoms with van der Waals surface area (Å²) in [6, 6.07) is 34.7. The van der Waals surface area contributed by atoms with Crippen LogP contribution in [0.4, 0.5) is 11.4 Å². The lowest BCUT2D eigenvalue weighted by atomic mass is 10.0. The summed E-state index contributed by atoms with van der Waals surface area (Å²) >= 11 is 1.38. The zero-order valence-electron chi connectivity index (χ0n) is 25.6. The summed E-state index contributed by atoms with van der Waals surface area (Å²) in [6.45, 7) is 1.81. The predicted molar refractivity (Wildman–Crippen MR) is 184 cm³/mol. The number of benzene rings is 5. The molecule has 0 saturated carbocycles. The fourth-order valence-electron chi connectivity index (χ4n) is 4.67. The summed E-state index contributed by atoms with van der Waals surface area (Å²) in [5, 5.41) is 10.1. The molecule has 5 rings (SSSR count). The molecule has 5 aromatic rings. The number of carbonyl (C=O) groups excluding carboxylic acids is 3. The minimum atomic E-state index is -0.473. The number of ether oxygens (including phenoxy) is 2. The fraction of sp³-hybridized carbons (Fsp3) is 0.108. The molecule has 0 spiro atoms. The van der Waals surface area contributed by atoms with E-state index in [1.807, 2.05) is 67.6 Å². The first-order valence-electron chi connectivity index (χ1n) is 14.5. The molecule has 0 heterocycles. The maximum absolute atomic E-state index is 13.6. The summed E-state index contributed by atoms with van der Waals surface area (Å²) in [7, 11) is 3.10. The van der Waals surface area contributed by atoms with E-state index in [1.165, 1.54) is 11.8 Å². The molecular formula is C37H33N3O5S. The van der Waals surface area contributed by atoms with Gasteiger partial charge in [-0.2, -0.15) is 0 Å². The van der Waals surface area contributed by atoms with E-state index < -0.39 is 17.1 Å². The van der Waals surface area contributed by atoms with E-state index in [-0.39, 0.29) is 11.6 Å². The third-order valence-corrected chi connectivity index (χ3v) is 8.18. The van der Waals surface area contributed by atoms with Crippen LogP contribution in [0.5, 0.6) is 11.5 Å². The zero-order chi connectivity index (χ0) is 32.5. The van der Waals surface area contributed by atoms with Crippen LogP contribution in [0.2, 0.25) is 0 Å². The molecule has 5 aromatic carbocycles. The molecule has 0 aliphatic rings. The zero-order valence-corrected chi connectivity index (χ0v) is 26.4. The van der Waals surface area contributed by atoms with Crippen molar-refractivity contribution in [2.45, 2.75) is 17.1 Å². The molecule has 8 nitrogen and oxygen atoms in total. The highest BCUT2D eigenvalue weighted by Crippen LogP contribution is 2.29. The second-order valence-electron chi connectivity index (χ2n) is 10.3. The van der Waals surface area contributed by atoms with E-state index in [1.54, 1.807) is 74.9 Å². The van der Waals surface area contributed by atoms with Crippen molar-refractivity contribution >= 4 is 57.7 Å². The number of fused-ring (bicyclic) bond motifs is 1. The van der Waals surface area contributed by atoms with Gasteiger partial charge in [0.1, 0.15) is 17.2 Å². The van der Waals surface area contributed by atoms with Crippen molar-refractivity contribution < 1.29 is 23.9 Å². The Kier molecular flexibility index (Phi) is 10.4. The molecule has 1 atom stereocenters. The largest absolute Gasteiger partial charge is 0.497 e. The Morgan fingerprint density at radius 2 is 1.37 bits per heavy atom. The number of hydrogen-bond acceptors (Lipinski definition) is 6. The monoisotopic (exact) mass is 631 g/mol. The Labute approximate surface area is 271 Å². The summed E-state index contributed by atoms with van der Waals surface area (Å²) in [5.74, 6) is 0.0903. The van der Waals surface area contributed by atoms with Gasteiger partial charge in [-0.1, -0.05) is 60.7 Å². The van der Waals surface area contributed by atoms with Crippen LogP contribution in [0.25, 0.3) is 16.8 Å². The van der Waals surface area contributed by atoms with Gasteiger partial charge < -0.3 is 25.4 Å². The van der Waals surface area contributed by atoms with Gasteiger partial charge >= 0.3 is 0 Å². The molecule has 0 bridgehead atoms. The van der Waals surface area contributed by atoms with Crippen LogP contribution in [0.15, 0.2) is 126 Å². The van der Waals surface area contributed by atoms with Gasteiger partial charge in [-0.05, 0) is 65.7 Å². The van der Waals surface area contributed by atoms with Gasteiger partial charge in [0, 0.05) is 40.0 Å². The fourth-order valence-corrected chi connectivity index (χ4v) is 5.54. The third-order valence-electron chi connectivity index (χ3n) is 7.07. The number of anilines is 2. The van der Waals surface area contributed by atoms with Crippen molar-refractivity contribution in [3.63, 3.8) is 0 Å². The third kappa shape index (κ3) is 8.13. The number of nitrogens with one attached hydrogen (secondary N) is 3. The summed E-state index contributed by atoms with van der Waals surface area (Å²) in [4.78, 5) is 40.4. The molecule has 9 heteroatoms. The van der Waals surface area contributed by atoms with Crippen LogP contribution >= 0.6 is 11.8 Å². The molecule has 0 fully saturated rings. The van der Waals surface area contributed by atoms with Gasteiger partial charge in [-0.3, -0.25) is 14.4 Å². The van der Waals surface area contributed by atoms with Gasteiger partial charge in [-0.25, -0.2) is 0 Å². The Hall–Kier alpha value is -5.54. The summed E-state index contributed by atoms with van der Waals surface area (Å²) < 4.78 is 10.6. The van der Waals surface area contributed by atoms with Crippen LogP contribution in [-0.4, -0.2) is 37.2 Å². The average Bonchev–Trinajstić information content (AvgIpc) is 3.09. The highest BCUT2D eigenvalue weighted by molar-refractivity contribution is 8.00. The molecule has 0 aliphatic heterocycles. The maximum Gasteiger partial charge on any atom is 0.272 e. The van der Waals surface area contributed by atoms with E-state index in [4.69, 9.17) is 9.47 Å².